The molecular weight excluding hydrogens is 306 g/mol. The number of hydrogen-bond acceptors (Lipinski definition) is 4. The molecule has 0 radical (unpaired) electrons. The molecule has 0 saturated heterocycles. The van der Waals surface area contributed by atoms with Crippen molar-refractivity contribution in [2.24, 2.45) is 0 Å². The minimum absolute atomic E-state index is 0.0140. The maximum absolute atomic E-state index is 13.2. The van der Waals surface area contributed by atoms with Crippen molar-refractivity contribution in [1.82, 2.24) is 19.7 Å². The minimum atomic E-state index is -0.961. The molecule has 1 heterocycles. The van der Waals surface area contributed by atoms with E-state index in [0.29, 0.717) is 24.5 Å². The molecule has 0 bridgehead atoms. The molecule has 1 amide bonds. The van der Waals surface area contributed by atoms with Crippen LogP contribution in [0.3, 0.4) is 0 Å². The van der Waals surface area contributed by atoms with E-state index >= 15 is 0 Å². The molecular formula is C15H18F2N4O2. The van der Waals surface area contributed by atoms with E-state index in [1.165, 1.54) is 11.0 Å². The van der Waals surface area contributed by atoms with Crippen LogP contribution in [0.4, 0.5) is 8.78 Å². The monoisotopic (exact) mass is 324 g/mol. The zero-order valence-corrected chi connectivity index (χ0v) is 13.0. The molecule has 6 nitrogen and oxygen atoms in total. The summed E-state index contributed by atoms with van der Waals surface area (Å²) in [5.74, 6) is -1.49. The van der Waals surface area contributed by atoms with Gasteiger partial charge in [-0.1, -0.05) is 6.07 Å². The number of methoxy groups -OCH3 is 1. The van der Waals surface area contributed by atoms with Crippen LogP contribution in [0, 0.1) is 11.6 Å². The highest BCUT2D eigenvalue weighted by molar-refractivity contribution is 5.78. The number of carbonyl (C=O) groups excluding carboxylic acids is 1. The molecule has 1 aromatic heterocycles. The number of halogens is 2. The van der Waals surface area contributed by atoms with Crippen LogP contribution < -0.4 is 0 Å². The lowest BCUT2D eigenvalue weighted by Crippen LogP contribution is -2.29. The summed E-state index contributed by atoms with van der Waals surface area (Å²) in [7, 11) is 3.22. The molecule has 0 fully saturated rings. The molecule has 0 N–H and O–H groups in total. The number of amides is 1. The Balaban J connectivity index is 1.97. The smallest absolute Gasteiger partial charge is 0.227 e. The normalized spacial score (nSPS) is 10.8. The maximum atomic E-state index is 13.2. The fraction of sp³-hybridized carbons (Fsp3) is 0.400. The van der Waals surface area contributed by atoms with Crippen molar-refractivity contribution >= 4 is 5.91 Å². The first-order valence-electron chi connectivity index (χ1n) is 7.04. The van der Waals surface area contributed by atoms with Crippen LogP contribution in [0.1, 0.15) is 11.4 Å². The molecule has 0 unspecified atom stereocenters. The lowest BCUT2D eigenvalue weighted by Gasteiger charge is -2.17. The zero-order valence-electron chi connectivity index (χ0n) is 13.0. The van der Waals surface area contributed by atoms with Gasteiger partial charge in [0, 0.05) is 20.7 Å². The Morgan fingerprint density at radius 2 is 2.13 bits per heavy atom. The third-order valence-corrected chi connectivity index (χ3v) is 3.38. The number of hydrogen-bond donors (Lipinski definition) is 0. The van der Waals surface area contributed by atoms with E-state index in [0.717, 1.165) is 12.1 Å². The second-order valence-corrected chi connectivity index (χ2v) is 5.11. The molecule has 8 heteroatoms. The number of benzene rings is 1. The number of likely N-dealkylation sites (N-methyl/N-ethyl adjacent to an activating group) is 1. The van der Waals surface area contributed by atoms with Gasteiger partial charge in [-0.15, -0.1) is 10.2 Å². The van der Waals surface area contributed by atoms with Gasteiger partial charge in [0.05, 0.1) is 19.6 Å². The molecule has 124 valence electrons. The quantitative estimate of drug-likeness (QED) is 0.772. The van der Waals surface area contributed by atoms with Gasteiger partial charge in [-0.3, -0.25) is 4.79 Å². The van der Waals surface area contributed by atoms with Crippen molar-refractivity contribution in [1.29, 1.82) is 0 Å². The Labute approximate surface area is 132 Å². The van der Waals surface area contributed by atoms with Crippen LogP contribution in [0.5, 0.6) is 0 Å². The van der Waals surface area contributed by atoms with Crippen molar-refractivity contribution < 1.29 is 18.3 Å². The standard InChI is InChI=1S/C15H18F2N4O2/c1-20(9-14-19-18-10-21(14)5-6-23-2)15(22)8-11-3-4-12(16)13(17)7-11/h3-4,7,10H,5-6,8-9H2,1-2H3. The van der Waals surface area contributed by atoms with E-state index in [-0.39, 0.29) is 18.9 Å². The first kappa shape index (κ1) is 17.0. The van der Waals surface area contributed by atoms with Gasteiger partial charge < -0.3 is 14.2 Å². The highest BCUT2D eigenvalue weighted by Gasteiger charge is 2.14. The second-order valence-electron chi connectivity index (χ2n) is 5.11. The largest absolute Gasteiger partial charge is 0.383 e. The van der Waals surface area contributed by atoms with Crippen LogP contribution in [-0.2, 0) is 29.0 Å². The first-order valence-corrected chi connectivity index (χ1v) is 7.04. The van der Waals surface area contributed by atoms with Crippen molar-refractivity contribution in [3.63, 3.8) is 0 Å². The van der Waals surface area contributed by atoms with Crippen molar-refractivity contribution in [3.05, 3.63) is 47.5 Å². The fourth-order valence-electron chi connectivity index (χ4n) is 2.04. The molecule has 0 aliphatic carbocycles. The topological polar surface area (TPSA) is 60.2 Å². The average molecular weight is 324 g/mol. The van der Waals surface area contributed by atoms with Gasteiger partial charge in [0.2, 0.25) is 5.91 Å². The summed E-state index contributed by atoms with van der Waals surface area (Å²) < 4.78 is 32.9. The predicted octanol–water partition coefficient (Wildman–Crippen LogP) is 1.40. The van der Waals surface area contributed by atoms with Gasteiger partial charge in [-0.2, -0.15) is 0 Å². The van der Waals surface area contributed by atoms with E-state index in [9.17, 15) is 13.6 Å². The molecule has 23 heavy (non-hydrogen) atoms. The van der Waals surface area contributed by atoms with Gasteiger partial charge in [0.1, 0.15) is 6.33 Å². The maximum Gasteiger partial charge on any atom is 0.227 e. The predicted molar refractivity (Wildman–Crippen MR) is 78.4 cm³/mol. The van der Waals surface area contributed by atoms with Crippen LogP contribution in [-0.4, -0.2) is 46.3 Å². The van der Waals surface area contributed by atoms with Crippen LogP contribution in [0.25, 0.3) is 0 Å². The summed E-state index contributed by atoms with van der Waals surface area (Å²) in [4.78, 5) is 13.7. The molecule has 0 atom stereocenters. The number of rotatable bonds is 7. The number of carbonyl (C=O) groups is 1. The Hall–Kier alpha value is -2.35. The SMILES string of the molecule is COCCn1cnnc1CN(C)C(=O)Cc1ccc(F)c(F)c1. The molecule has 1 aromatic carbocycles. The summed E-state index contributed by atoms with van der Waals surface area (Å²) >= 11 is 0. The molecule has 0 aliphatic rings. The highest BCUT2D eigenvalue weighted by atomic mass is 19.2. The summed E-state index contributed by atoms with van der Waals surface area (Å²) in [6, 6.07) is 3.44. The summed E-state index contributed by atoms with van der Waals surface area (Å²) in [6.45, 7) is 1.37. The van der Waals surface area contributed by atoms with E-state index in [4.69, 9.17) is 4.74 Å². The first-order chi connectivity index (χ1) is 11.0. The lowest BCUT2D eigenvalue weighted by molar-refractivity contribution is -0.129. The van der Waals surface area contributed by atoms with Gasteiger partial charge in [0.25, 0.3) is 0 Å². The Morgan fingerprint density at radius 1 is 1.35 bits per heavy atom. The van der Waals surface area contributed by atoms with Crippen LogP contribution in [0.15, 0.2) is 24.5 Å². The Kier molecular flexibility index (Phi) is 5.75. The van der Waals surface area contributed by atoms with Gasteiger partial charge in [-0.25, -0.2) is 8.78 Å². The molecule has 0 saturated carbocycles. The lowest BCUT2D eigenvalue weighted by atomic mass is 10.1. The fourth-order valence-corrected chi connectivity index (χ4v) is 2.04. The molecule has 0 aliphatic heterocycles. The summed E-state index contributed by atoms with van der Waals surface area (Å²) in [5.41, 5.74) is 0.418. The van der Waals surface area contributed by atoms with Crippen LogP contribution in [0.2, 0.25) is 0 Å². The third-order valence-electron chi connectivity index (χ3n) is 3.38. The number of nitrogens with zero attached hydrogens (tertiary/aromatic N) is 4. The third kappa shape index (κ3) is 4.56. The van der Waals surface area contributed by atoms with Crippen molar-refractivity contribution in [2.45, 2.75) is 19.5 Å². The van der Waals surface area contributed by atoms with E-state index in [2.05, 4.69) is 10.2 Å². The van der Waals surface area contributed by atoms with Crippen LogP contribution >= 0.6 is 0 Å². The van der Waals surface area contributed by atoms with Crippen molar-refractivity contribution in [2.75, 3.05) is 20.8 Å². The van der Waals surface area contributed by atoms with Gasteiger partial charge in [0.15, 0.2) is 17.5 Å². The Morgan fingerprint density at radius 3 is 2.83 bits per heavy atom. The number of ether oxygens (including phenoxy) is 1. The van der Waals surface area contributed by atoms with Gasteiger partial charge in [-0.05, 0) is 17.7 Å². The summed E-state index contributed by atoms with van der Waals surface area (Å²) in [6.07, 6.45) is 1.56. The molecule has 0 spiro atoms. The minimum Gasteiger partial charge on any atom is -0.383 e. The molecule has 2 aromatic rings. The Bertz CT molecular complexity index is 675. The zero-order chi connectivity index (χ0) is 16.8. The van der Waals surface area contributed by atoms with E-state index in [1.807, 2.05) is 0 Å². The summed E-state index contributed by atoms with van der Waals surface area (Å²) in [5, 5.41) is 7.80. The average Bonchev–Trinajstić information content (AvgIpc) is 2.96. The van der Waals surface area contributed by atoms with Crippen molar-refractivity contribution in [3.8, 4) is 0 Å². The molecule has 2 rings (SSSR count). The highest BCUT2D eigenvalue weighted by Crippen LogP contribution is 2.11. The van der Waals surface area contributed by atoms with E-state index < -0.39 is 11.6 Å². The number of aromatic nitrogens is 3. The van der Waals surface area contributed by atoms with E-state index in [1.54, 1.807) is 25.1 Å². The second kappa shape index (κ2) is 7.77. The van der Waals surface area contributed by atoms with Gasteiger partial charge >= 0.3 is 0 Å².